The maximum Gasteiger partial charge on any atom is 0.258 e. The van der Waals surface area contributed by atoms with Crippen LogP contribution in [-0.2, 0) is 4.79 Å². The average Bonchev–Trinajstić information content (AvgIpc) is 2.54. The smallest absolute Gasteiger partial charge is 0.258 e. The Morgan fingerprint density at radius 1 is 1.09 bits per heavy atom. The number of carbonyl (C=O) groups excluding carboxylic acids is 1. The molecule has 0 bridgehead atoms. The molecule has 1 N–H and O–H groups in total. The normalized spacial score (nSPS) is 12.0. The van der Waals surface area contributed by atoms with E-state index in [0.29, 0.717) is 5.92 Å². The SMILES string of the molecule is CC(C)CC(NC(=O)COc1ccccc1F)c1ccccc1. The highest BCUT2D eigenvalue weighted by atomic mass is 19.1. The Morgan fingerprint density at radius 3 is 2.39 bits per heavy atom. The van der Waals surface area contributed by atoms with Crippen molar-refractivity contribution in [2.24, 2.45) is 5.92 Å². The molecule has 1 unspecified atom stereocenters. The van der Waals surface area contributed by atoms with Crippen LogP contribution in [0.15, 0.2) is 54.6 Å². The average molecular weight is 315 g/mol. The second kappa shape index (κ2) is 8.32. The van der Waals surface area contributed by atoms with E-state index in [9.17, 15) is 9.18 Å². The van der Waals surface area contributed by atoms with E-state index in [1.165, 1.54) is 12.1 Å². The summed E-state index contributed by atoms with van der Waals surface area (Å²) in [5, 5.41) is 2.97. The highest BCUT2D eigenvalue weighted by molar-refractivity contribution is 5.78. The van der Waals surface area contributed by atoms with Gasteiger partial charge in [-0.25, -0.2) is 4.39 Å². The number of amides is 1. The number of hydrogen-bond acceptors (Lipinski definition) is 2. The molecular weight excluding hydrogens is 293 g/mol. The molecule has 0 fully saturated rings. The minimum atomic E-state index is -0.470. The Morgan fingerprint density at radius 2 is 1.74 bits per heavy atom. The van der Waals surface area contributed by atoms with Gasteiger partial charge in [0, 0.05) is 0 Å². The zero-order valence-corrected chi connectivity index (χ0v) is 13.5. The molecule has 0 radical (unpaired) electrons. The van der Waals surface area contributed by atoms with Crippen LogP contribution in [0.4, 0.5) is 4.39 Å². The molecule has 122 valence electrons. The third-order valence-corrected chi connectivity index (χ3v) is 3.44. The first-order valence-corrected chi connectivity index (χ1v) is 7.78. The largest absolute Gasteiger partial charge is 0.481 e. The highest BCUT2D eigenvalue weighted by Gasteiger charge is 2.16. The van der Waals surface area contributed by atoms with E-state index in [4.69, 9.17) is 4.74 Å². The summed E-state index contributed by atoms with van der Waals surface area (Å²) < 4.78 is 18.7. The van der Waals surface area contributed by atoms with Gasteiger partial charge in [-0.1, -0.05) is 56.3 Å². The van der Waals surface area contributed by atoms with Gasteiger partial charge in [-0.05, 0) is 30.0 Å². The number of ether oxygens (including phenoxy) is 1. The molecule has 4 heteroatoms. The molecule has 1 amide bonds. The summed E-state index contributed by atoms with van der Waals surface area (Å²) in [7, 11) is 0. The molecule has 0 aromatic heterocycles. The van der Waals surface area contributed by atoms with Gasteiger partial charge in [0.25, 0.3) is 5.91 Å². The number of para-hydroxylation sites is 1. The van der Waals surface area contributed by atoms with Gasteiger partial charge in [0.1, 0.15) is 0 Å². The Labute approximate surface area is 136 Å². The number of carbonyl (C=O) groups is 1. The predicted molar refractivity (Wildman–Crippen MR) is 88.7 cm³/mol. The molecular formula is C19H22FNO2. The fraction of sp³-hybridized carbons (Fsp3) is 0.316. The summed E-state index contributed by atoms with van der Waals surface area (Å²) in [5.41, 5.74) is 1.06. The summed E-state index contributed by atoms with van der Waals surface area (Å²) in [5.74, 6) is -0.208. The summed E-state index contributed by atoms with van der Waals surface area (Å²) in [6, 6.07) is 15.8. The first-order chi connectivity index (χ1) is 11.1. The molecule has 23 heavy (non-hydrogen) atoms. The van der Waals surface area contributed by atoms with E-state index >= 15 is 0 Å². The van der Waals surface area contributed by atoms with Gasteiger partial charge in [-0.3, -0.25) is 4.79 Å². The van der Waals surface area contributed by atoms with Crippen LogP contribution < -0.4 is 10.1 Å². The quantitative estimate of drug-likeness (QED) is 0.835. The van der Waals surface area contributed by atoms with Crippen LogP contribution in [0, 0.1) is 11.7 Å². The van der Waals surface area contributed by atoms with Crippen molar-refractivity contribution in [2.75, 3.05) is 6.61 Å². The van der Waals surface area contributed by atoms with Crippen molar-refractivity contribution < 1.29 is 13.9 Å². The van der Waals surface area contributed by atoms with Gasteiger partial charge >= 0.3 is 0 Å². The predicted octanol–water partition coefficient (Wildman–Crippen LogP) is 4.11. The lowest BCUT2D eigenvalue weighted by Crippen LogP contribution is -2.33. The monoisotopic (exact) mass is 315 g/mol. The fourth-order valence-corrected chi connectivity index (χ4v) is 2.38. The molecule has 3 nitrogen and oxygen atoms in total. The van der Waals surface area contributed by atoms with Gasteiger partial charge in [0.05, 0.1) is 6.04 Å². The van der Waals surface area contributed by atoms with Crippen molar-refractivity contribution in [3.63, 3.8) is 0 Å². The lowest BCUT2D eigenvalue weighted by molar-refractivity contribution is -0.124. The van der Waals surface area contributed by atoms with Crippen molar-refractivity contribution >= 4 is 5.91 Å². The minimum Gasteiger partial charge on any atom is -0.481 e. The standard InChI is InChI=1S/C19H22FNO2/c1-14(2)12-17(15-8-4-3-5-9-15)21-19(22)13-23-18-11-7-6-10-16(18)20/h3-11,14,17H,12-13H2,1-2H3,(H,21,22). The lowest BCUT2D eigenvalue weighted by Gasteiger charge is -2.21. The van der Waals surface area contributed by atoms with E-state index < -0.39 is 5.82 Å². The van der Waals surface area contributed by atoms with Crippen molar-refractivity contribution in [2.45, 2.75) is 26.3 Å². The second-order valence-electron chi connectivity index (χ2n) is 5.88. The Balaban J connectivity index is 1.96. The summed E-state index contributed by atoms with van der Waals surface area (Å²) in [4.78, 5) is 12.1. The van der Waals surface area contributed by atoms with Gasteiger partial charge in [0.15, 0.2) is 18.2 Å². The van der Waals surface area contributed by atoms with Gasteiger partial charge in [0.2, 0.25) is 0 Å². The number of hydrogen-bond donors (Lipinski definition) is 1. The van der Waals surface area contributed by atoms with Crippen LogP contribution in [0.1, 0.15) is 31.9 Å². The maximum absolute atomic E-state index is 13.5. The van der Waals surface area contributed by atoms with Crippen LogP contribution in [0.5, 0.6) is 5.75 Å². The van der Waals surface area contributed by atoms with E-state index in [2.05, 4.69) is 19.2 Å². The number of rotatable bonds is 7. The number of benzene rings is 2. The molecule has 0 saturated carbocycles. The van der Waals surface area contributed by atoms with E-state index in [-0.39, 0.29) is 24.3 Å². The zero-order valence-electron chi connectivity index (χ0n) is 13.5. The summed E-state index contributed by atoms with van der Waals surface area (Å²) in [6.07, 6.45) is 0.829. The molecule has 2 rings (SSSR count). The van der Waals surface area contributed by atoms with E-state index in [1.807, 2.05) is 30.3 Å². The van der Waals surface area contributed by atoms with Crippen LogP contribution >= 0.6 is 0 Å². The summed E-state index contributed by atoms with van der Waals surface area (Å²) >= 11 is 0. The van der Waals surface area contributed by atoms with Crippen molar-refractivity contribution in [3.8, 4) is 5.75 Å². The van der Waals surface area contributed by atoms with Gasteiger partial charge in [-0.15, -0.1) is 0 Å². The van der Waals surface area contributed by atoms with Gasteiger partial charge < -0.3 is 10.1 Å². The molecule has 0 aliphatic rings. The molecule has 2 aromatic rings. The maximum atomic E-state index is 13.5. The third-order valence-electron chi connectivity index (χ3n) is 3.44. The molecule has 0 aliphatic heterocycles. The second-order valence-corrected chi connectivity index (χ2v) is 5.88. The van der Waals surface area contributed by atoms with Crippen molar-refractivity contribution in [3.05, 3.63) is 66.0 Å². The molecule has 0 aliphatic carbocycles. The molecule has 0 heterocycles. The van der Waals surface area contributed by atoms with Crippen molar-refractivity contribution in [1.29, 1.82) is 0 Å². The van der Waals surface area contributed by atoms with Crippen molar-refractivity contribution in [1.82, 2.24) is 5.32 Å². The van der Waals surface area contributed by atoms with Crippen LogP contribution in [-0.4, -0.2) is 12.5 Å². The van der Waals surface area contributed by atoms with Crippen LogP contribution in [0.2, 0.25) is 0 Å². The molecule has 0 saturated heterocycles. The third kappa shape index (κ3) is 5.40. The first-order valence-electron chi connectivity index (χ1n) is 7.78. The molecule has 0 spiro atoms. The highest BCUT2D eigenvalue weighted by Crippen LogP contribution is 2.21. The van der Waals surface area contributed by atoms with Crippen LogP contribution in [0.3, 0.4) is 0 Å². The van der Waals surface area contributed by atoms with Crippen LogP contribution in [0.25, 0.3) is 0 Å². The minimum absolute atomic E-state index is 0.0760. The van der Waals surface area contributed by atoms with E-state index in [0.717, 1.165) is 12.0 Å². The lowest BCUT2D eigenvalue weighted by atomic mass is 9.97. The summed E-state index contributed by atoms with van der Waals surface area (Å²) in [6.45, 7) is 4.01. The fourth-order valence-electron chi connectivity index (χ4n) is 2.38. The topological polar surface area (TPSA) is 38.3 Å². The first kappa shape index (κ1) is 17.0. The number of halogens is 1. The molecule has 2 aromatic carbocycles. The Kier molecular flexibility index (Phi) is 6.15. The Hall–Kier alpha value is -2.36. The Bertz CT molecular complexity index is 628. The van der Waals surface area contributed by atoms with E-state index in [1.54, 1.807) is 12.1 Å². The number of nitrogens with one attached hydrogen (secondary N) is 1. The zero-order chi connectivity index (χ0) is 16.7. The van der Waals surface area contributed by atoms with Gasteiger partial charge in [-0.2, -0.15) is 0 Å². The molecule has 1 atom stereocenters.